The van der Waals surface area contributed by atoms with Crippen molar-refractivity contribution in [3.8, 4) is 6.07 Å². The molecule has 2 heterocycles. The number of nitriles is 1. The Hall–Kier alpha value is -1.41. The molecule has 1 aliphatic heterocycles. The Labute approximate surface area is 92.9 Å². The van der Waals surface area contributed by atoms with Gasteiger partial charge in [0.1, 0.15) is 6.07 Å². The molecule has 0 spiro atoms. The van der Waals surface area contributed by atoms with Crippen LogP contribution in [0.1, 0.15) is 12.0 Å². The smallest absolute Gasteiger partial charge is 0.150 e. The van der Waals surface area contributed by atoms with Crippen molar-refractivity contribution in [2.24, 2.45) is 0 Å². The van der Waals surface area contributed by atoms with Crippen LogP contribution in [0.3, 0.4) is 0 Å². The van der Waals surface area contributed by atoms with Gasteiger partial charge in [-0.05, 0) is 18.2 Å². The predicted molar refractivity (Wildman–Crippen MR) is 62.7 cm³/mol. The van der Waals surface area contributed by atoms with Crippen molar-refractivity contribution in [2.45, 2.75) is 12.5 Å². The molecule has 2 rings (SSSR count). The van der Waals surface area contributed by atoms with Crippen molar-refractivity contribution >= 4 is 23.3 Å². The summed E-state index contributed by atoms with van der Waals surface area (Å²) in [5.41, 5.74) is 6.76. The Morgan fingerprint density at radius 2 is 2.53 bits per heavy atom. The third kappa shape index (κ3) is 2.16. The van der Waals surface area contributed by atoms with Crippen LogP contribution in [0, 0.1) is 11.3 Å². The summed E-state index contributed by atoms with van der Waals surface area (Å²) in [6.45, 7) is 0. The Kier molecular flexibility index (Phi) is 2.97. The first kappa shape index (κ1) is 10.1. The number of rotatable bonds is 2. The summed E-state index contributed by atoms with van der Waals surface area (Å²) in [6, 6.07) is 4.11. The van der Waals surface area contributed by atoms with Gasteiger partial charge < -0.3 is 11.1 Å². The second kappa shape index (κ2) is 4.41. The van der Waals surface area contributed by atoms with Crippen molar-refractivity contribution in [2.75, 3.05) is 22.6 Å². The fourth-order valence-corrected chi connectivity index (χ4v) is 2.68. The quantitative estimate of drug-likeness (QED) is 0.789. The van der Waals surface area contributed by atoms with Gasteiger partial charge in [0.2, 0.25) is 0 Å². The lowest BCUT2D eigenvalue weighted by Gasteiger charge is -2.13. The number of nitrogens with one attached hydrogen (secondary N) is 1. The van der Waals surface area contributed by atoms with E-state index < -0.39 is 0 Å². The second-order valence-corrected chi connectivity index (χ2v) is 4.59. The van der Waals surface area contributed by atoms with E-state index in [0.717, 1.165) is 12.2 Å². The minimum absolute atomic E-state index is 0.429. The largest absolute Gasteiger partial charge is 0.395 e. The molecule has 0 amide bonds. The zero-order valence-corrected chi connectivity index (χ0v) is 9.05. The van der Waals surface area contributed by atoms with Gasteiger partial charge in [0.15, 0.2) is 5.82 Å². The van der Waals surface area contributed by atoms with Crippen molar-refractivity contribution in [3.63, 3.8) is 0 Å². The van der Waals surface area contributed by atoms with Crippen LogP contribution < -0.4 is 11.1 Å². The number of hydrogen-bond donors (Lipinski definition) is 2. The summed E-state index contributed by atoms with van der Waals surface area (Å²) in [5.74, 6) is 2.90. The standard InChI is InChI=1S/C10H12N4S/c11-5-7-1-3-13-10(9(7)12)14-8-2-4-15-6-8/h1,3,8H,2,4,6,12H2,(H,13,14). The molecule has 1 aliphatic rings. The lowest BCUT2D eigenvalue weighted by Crippen LogP contribution is -2.20. The Morgan fingerprint density at radius 1 is 1.67 bits per heavy atom. The van der Waals surface area contributed by atoms with Gasteiger partial charge in [-0.15, -0.1) is 0 Å². The van der Waals surface area contributed by atoms with Gasteiger partial charge in [0.25, 0.3) is 0 Å². The number of aromatic nitrogens is 1. The first-order valence-electron chi connectivity index (χ1n) is 4.80. The van der Waals surface area contributed by atoms with Gasteiger partial charge in [-0.2, -0.15) is 17.0 Å². The van der Waals surface area contributed by atoms with E-state index in [1.807, 2.05) is 11.8 Å². The molecule has 0 saturated carbocycles. The normalized spacial score (nSPS) is 19.8. The van der Waals surface area contributed by atoms with E-state index in [4.69, 9.17) is 11.0 Å². The van der Waals surface area contributed by atoms with Crippen molar-refractivity contribution in [1.82, 2.24) is 4.98 Å². The van der Waals surface area contributed by atoms with Gasteiger partial charge in [0, 0.05) is 18.0 Å². The highest BCUT2D eigenvalue weighted by Crippen LogP contribution is 2.24. The lowest BCUT2D eigenvalue weighted by molar-refractivity contribution is 0.807. The molecule has 0 aromatic carbocycles. The third-order valence-electron chi connectivity index (χ3n) is 2.38. The van der Waals surface area contributed by atoms with E-state index in [0.29, 0.717) is 23.1 Å². The first-order chi connectivity index (χ1) is 7.31. The number of anilines is 2. The van der Waals surface area contributed by atoms with Crippen molar-refractivity contribution in [1.29, 1.82) is 5.26 Å². The monoisotopic (exact) mass is 220 g/mol. The van der Waals surface area contributed by atoms with Crippen LogP contribution in [-0.2, 0) is 0 Å². The number of hydrogen-bond acceptors (Lipinski definition) is 5. The molecule has 1 aromatic heterocycles. The first-order valence-corrected chi connectivity index (χ1v) is 5.95. The van der Waals surface area contributed by atoms with Crippen LogP contribution in [0.25, 0.3) is 0 Å². The number of thioether (sulfide) groups is 1. The van der Waals surface area contributed by atoms with Crippen LogP contribution in [-0.4, -0.2) is 22.5 Å². The Bertz CT molecular complexity index is 393. The van der Waals surface area contributed by atoms with E-state index in [-0.39, 0.29) is 0 Å². The summed E-state index contributed by atoms with van der Waals surface area (Å²) in [7, 11) is 0. The van der Waals surface area contributed by atoms with E-state index in [9.17, 15) is 0 Å². The van der Waals surface area contributed by atoms with Gasteiger partial charge in [-0.3, -0.25) is 0 Å². The number of nitrogens with zero attached hydrogens (tertiary/aromatic N) is 2. The van der Waals surface area contributed by atoms with Gasteiger partial charge in [0.05, 0.1) is 11.3 Å². The lowest BCUT2D eigenvalue weighted by atomic mass is 10.2. The molecule has 0 radical (unpaired) electrons. The molecule has 78 valence electrons. The van der Waals surface area contributed by atoms with Gasteiger partial charge >= 0.3 is 0 Å². The Morgan fingerprint density at radius 3 is 3.20 bits per heavy atom. The predicted octanol–water partition coefficient (Wildman–Crippen LogP) is 1.45. The molecule has 0 aliphatic carbocycles. The van der Waals surface area contributed by atoms with Gasteiger partial charge in [-0.25, -0.2) is 4.98 Å². The van der Waals surface area contributed by atoms with E-state index >= 15 is 0 Å². The fourth-order valence-electron chi connectivity index (χ4n) is 1.53. The van der Waals surface area contributed by atoms with Crippen LogP contribution in [0.15, 0.2) is 12.3 Å². The summed E-state index contributed by atoms with van der Waals surface area (Å²) >= 11 is 1.92. The van der Waals surface area contributed by atoms with Crippen molar-refractivity contribution < 1.29 is 0 Å². The number of nitrogen functional groups attached to an aromatic ring is 1. The molecule has 1 aromatic rings. The topological polar surface area (TPSA) is 74.7 Å². The molecule has 4 nitrogen and oxygen atoms in total. The summed E-state index contributed by atoms with van der Waals surface area (Å²) in [5, 5.41) is 12.1. The van der Waals surface area contributed by atoms with Crippen molar-refractivity contribution in [3.05, 3.63) is 17.8 Å². The maximum atomic E-state index is 8.81. The maximum Gasteiger partial charge on any atom is 0.150 e. The van der Waals surface area contributed by atoms with Crippen LogP contribution in [0.4, 0.5) is 11.5 Å². The summed E-state index contributed by atoms with van der Waals surface area (Å²) in [4.78, 5) is 4.15. The molecule has 1 fully saturated rings. The molecule has 1 unspecified atom stereocenters. The number of pyridine rings is 1. The van der Waals surface area contributed by atoms with Crippen LogP contribution in [0.5, 0.6) is 0 Å². The Balaban J connectivity index is 2.17. The van der Waals surface area contributed by atoms with E-state index in [1.165, 1.54) is 5.75 Å². The van der Waals surface area contributed by atoms with Gasteiger partial charge in [-0.1, -0.05) is 0 Å². The molecule has 1 atom stereocenters. The number of nitrogens with two attached hydrogens (primary N) is 1. The minimum Gasteiger partial charge on any atom is -0.395 e. The molecule has 0 bridgehead atoms. The molecular formula is C10H12N4S. The zero-order valence-electron chi connectivity index (χ0n) is 8.23. The average Bonchev–Trinajstić information content (AvgIpc) is 2.74. The molecular weight excluding hydrogens is 208 g/mol. The third-order valence-corrected chi connectivity index (χ3v) is 3.54. The minimum atomic E-state index is 0.429. The highest BCUT2D eigenvalue weighted by atomic mass is 32.2. The zero-order chi connectivity index (χ0) is 10.7. The summed E-state index contributed by atoms with van der Waals surface area (Å²) < 4.78 is 0. The highest BCUT2D eigenvalue weighted by molar-refractivity contribution is 7.99. The highest BCUT2D eigenvalue weighted by Gasteiger charge is 2.17. The fraction of sp³-hybridized carbons (Fsp3) is 0.400. The summed E-state index contributed by atoms with van der Waals surface area (Å²) in [6.07, 6.45) is 2.74. The second-order valence-electron chi connectivity index (χ2n) is 3.44. The average molecular weight is 220 g/mol. The van der Waals surface area contributed by atoms with Crippen LogP contribution >= 0.6 is 11.8 Å². The SMILES string of the molecule is N#Cc1ccnc(NC2CCSC2)c1N. The molecule has 3 N–H and O–H groups in total. The molecule has 15 heavy (non-hydrogen) atoms. The van der Waals surface area contributed by atoms with Crippen LogP contribution in [0.2, 0.25) is 0 Å². The molecule has 1 saturated heterocycles. The molecule has 5 heteroatoms. The maximum absolute atomic E-state index is 8.81. The van der Waals surface area contributed by atoms with E-state index in [1.54, 1.807) is 12.3 Å². The van der Waals surface area contributed by atoms with E-state index in [2.05, 4.69) is 16.4 Å².